The summed E-state index contributed by atoms with van der Waals surface area (Å²) in [5, 5.41) is 14.0. The van der Waals surface area contributed by atoms with Crippen LogP contribution in [0.25, 0.3) is 0 Å². The van der Waals surface area contributed by atoms with Gasteiger partial charge >= 0.3 is 0 Å². The molecule has 2 amide bonds. The molecule has 25 heavy (non-hydrogen) atoms. The van der Waals surface area contributed by atoms with E-state index in [1.807, 2.05) is 17.0 Å². The smallest absolute Gasteiger partial charge is 0.252 e. The number of amides is 2. The van der Waals surface area contributed by atoms with Crippen molar-refractivity contribution in [2.75, 3.05) is 6.54 Å². The van der Waals surface area contributed by atoms with Crippen molar-refractivity contribution >= 4 is 11.8 Å². The minimum atomic E-state index is -0.255. The number of rotatable bonds is 3. The summed E-state index contributed by atoms with van der Waals surface area (Å²) in [5.41, 5.74) is 3.04. The van der Waals surface area contributed by atoms with Gasteiger partial charge in [-0.25, -0.2) is 0 Å². The van der Waals surface area contributed by atoms with Crippen molar-refractivity contribution in [1.82, 2.24) is 10.2 Å². The van der Waals surface area contributed by atoms with Crippen LogP contribution in [-0.2, 0) is 17.6 Å². The number of carbonyl (C=O) groups is 2. The first-order valence-electron chi connectivity index (χ1n) is 8.46. The maximum atomic E-state index is 12.4. The lowest BCUT2D eigenvalue weighted by molar-refractivity contribution is -0.605. The van der Waals surface area contributed by atoms with E-state index in [1.54, 1.807) is 0 Å². The zero-order valence-electron chi connectivity index (χ0n) is 13.7. The molecule has 128 valence electrons. The normalized spacial score (nSPS) is 19.9. The van der Waals surface area contributed by atoms with Gasteiger partial charge in [0.1, 0.15) is 0 Å². The second-order valence-electron chi connectivity index (χ2n) is 6.70. The van der Waals surface area contributed by atoms with Crippen LogP contribution in [0.4, 0.5) is 0 Å². The monoisotopic (exact) mass is 337 g/mol. The second kappa shape index (κ2) is 6.20. The average Bonchev–Trinajstić information content (AvgIpc) is 3.18. The van der Waals surface area contributed by atoms with Crippen molar-refractivity contribution in [2.24, 2.45) is 0 Å². The quantitative estimate of drug-likeness (QED) is 0.665. The van der Waals surface area contributed by atoms with Crippen molar-refractivity contribution in [3.8, 4) is 0 Å². The molecule has 2 aromatic rings. The zero-order valence-corrected chi connectivity index (χ0v) is 13.7. The van der Waals surface area contributed by atoms with Crippen molar-refractivity contribution in [1.29, 1.82) is 0 Å². The highest BCUT2D eigenvalue weighted by molar-refractivity contribution is 5.94. The molecular weight excluding hydrogens is 318 g/mol. The molecule has 4 rings (SSSR count). The van der Waals surface area contributed by atoms with Crippen molar-refractivity contribution < 1.29 is 14.3 Å². The Morgan fingerprint density at radius 2 is 1.72 bits per heavy atom. The number of pyridine rings is 1. The maximum absolute atomic E-state index is 12.4. The van der Waals surface area contributed by atoms with Crippen molar-refractivity contribution in [2.45, 2.75) is 31.3 Å². The third-order valence-corrected chi connectivity index (χ3v) is 5.03. The zero-order chi connectivity index (χ0) is 17.4. The fraction of sp³-hybridized carbons (Fsp3) is 0.316. The molecule has 6 heteroatoms. The summed E-state index contributed by atoms with van der Waals surface area (Å²) in [7, 11) is 0. The summed E-state index contributed by atoms with van der Waals surface area (Å²) in [4.78, 5) is 26.6. The Kier molecular flexibility index (Phi) is 3.87. The van der Waals surface area contributed by atoms with Crippen molar-refractivity contribution in [3.63, 3.8) is 0 Å². The molecule has 1 saturated heterocycles. The van der Waals surface area contributed by atoms with Crippen LogP contribution in [0, 0.1) is 5.21 Å². The first-order chi connectivity index (χ1) is 12.1. The van der Waals surface area contributed by atoms with Gasteiger partial charge in [-0.3, -0.25) is 9.59 Å². The van der Waals surface area contributed by atoms with E-state index in [9.17, 15) is 14.8 Å². The molecule has 1 aliphatic heterocycles. The van der Waals surface area contributed by atoms with E-state index >= 15 is 0 Å². The Morgan fingerprint density at radius 1 is 1.08 bits per heavy atom. The summed E-state index contributed by atoms with van der Waals surface area (Å²) in [6, 6.07) is 11.2. The van der Waals surface area contributed by atoms with Gasteiger partial charge in [-0.1, -0.05) is 24.3 Å². The Bertz CT molecular complexity index is 794. The third kappa shape index (κ3) is 3.07. The largest absolute Gasteiger partial charge is 0.619 e. The number of nitrogens with zero attached hydrogens (tertiary/aromatic N) is 2. The highest BCUT2D eigenvalue weighted by Crippen LogP contribution is 2.28. The van der Waals surface area contributed by atoms with Gasteiger partial charge in [0, 0.05) is 31.1 Å². The molecule has 6 nitrogen and oxygen atoms in total. The fourth-order valence-corrected chi connectivity index (χ4v) is 3.77. The van der Waals surface area contributed by atoms with E-state index in [0.717, 1.165) is 12.8 Å². The number of carbonyl (C=O) groups excluding carboxylic acids is 2. The van der Waals surface area contributed by atoms with Gasteiger partial charge < -0.3 is 15.4 Å². The van der Waals surface area contributed by atoms with Gasteiger partial charge in [-0.05, 0) is 24.0 Å². The van der Waals surface area contributed by atoms with Crippen LogP contribution in [0.5, 0.6) is 0 Å². The minimum absolute atomic E-state index is 0.0913. The lowest BCUT2D eigenvalue weighted by Crippen LogP contribution is -2.41. The summed E-state index contributed by atoms with van der Waals surface area (Å²) in [6.07, 6.45) is 4.66. The van der Waals surface area contributed by atoms with E-state index in [1.165, 1.54) is 35.7 Å². The highest BCUT2D eigenvalue weighted by atomic mass is 16.5. The van der Waals surface area contributed by atoms with Crippen LogP contribution >= 0.6 is 0 Å². The topological polar surface area (TPSA) is 76.4 Å². The third-order valence-electron chi connectivity index (χ3n) is 5.03. The van der Waals surface area contributed by atoms with Gasteiger partial charge in [-0.15, -0.1) is 0 Å². The van der Waals surface area contributed by atoms with Gasteiger partial charge in [0.15, 0.2) is 12.4 Å². The summed E-state index contributed by atoms with van der Waals surface area (Å²) in [5.74, 6) is -0.163. The summed E-state index contributed by atoms with van der Waals surface area (Å²) < 4.78 is 0.634. The molecule has 0 saturated carbocycles. The molecule has 1 aromatic heterocycles. The molecule has 1 fully saturated rings. The molecule has 0 bridgehead atoms. The van der Waals surface area contributed by atoms with E-state index in [4.69, 9.17) is 0 Å². The van der Waals surface area contributed by atoms with E-state index in [0.29, 0.717) is 23.3 Å². The van der Waals surface area contributed by atoms with Gasteiger partial charge in [-0.2, -0.15) is 4.73 Å². The van der Waals surface area contributed by atoms with Gasteiger partial charge in [0.05, 0.1) is 11.6 Å². The number of fused-ring (bicyclic) bond motifs is 1. The highest BCUT2D eigenvalue weighted by Gasteiger charge is 2.37. The lowest BCUT2D eigenvalue weighted by Gasteiger charge is -2.24. The number of aromatic nitrogens is 1. The molecule has 1 atom stereocenters. The first kappa shape index (κ1) is 15.6. The lowest BCUT2D eigenvalue weighted by atomic mass is 10.1. The molecule has 1 aromatic carbocycles. The standard InChI is InChI=1S/C19H19N3O3/c23-18-11-16(20-19(24)13-5-7-21(25)8-6-13)12-22(18)17-9-14-3-1-2-4-15(14)10-17/h1-8,16-17H,9-12H2,(H,20,24). The molecule has 1 N–H and O–H groups in total. The maximum Gasteiger partial charge on any atom is 0.252 e. The number of benzene rings is 1. The van der Waals surface area contributed by atoms with Crippen LogP contribution in [0.3, 0.4) is 0 Å². The predicted molar refractivity (Wildman–Crippen MR) is 90.6 cm³/mol. The van der Waals surface area contributed by atoms with E-state index < -0.39 is 0 Å². The van der Waals surface area contributed by atoms with Crippen LogP contribution in [0.15, 0.2) is 48.8 Å². The number of hydrogen-bond acceptors (Lipinski definition) is 3. The van der Waals surface area contributed by atoms with Crippen LogP contribution in [0.1, 0.15) is 27.9 Å². The van der Waals surface area contributed by atoms with E-state index in [2.05, 4.69) is 17.4 Å². The molecule has 1 unspecified atom stereocenters. The predicted octanol–water partition coefficient (Wildman–Crippen LogP) is 0.818. The Hall–Kier alpha value is -2.89. The number of nitrogens with one attached hydrogen (secondary N) is 1. The second-order valence-corrected chi connectivity index (χ2v) is 6.70. The Labute approximate surface area is 145 Å². The average molecular weight is 337 g/mol. The summed E-state index contributed by atoms with van der Waals surface area (Å²) in [6.45, 7) is 0.539. The fourth-order valence-electron chi connectivity index (χ4n) is 3.77. The first-order valence-corrected chi connectivity index (χ1v) is 8.46. The van der Waals surface area contributed by atoms with E-state index in [-0.39, 0.29) is 23.9 Å². The summed E-state index contributed by atoms with van der Waals surface area (Å²) >= 11 is 0. The van der Waals surface area contributed by atoms with Crippen LogP contribution < -0.4 is 10.0 Å². The molecule has 2 heterocycles. The van der Waals surface area contributed by atoms with Gasteiger partial charge in [0.25, 0.3) is 5.91 Å². The molecule has 0 spiro atoms. The van der Waals surface area contributed by atoms with Gasteiger partial charge in [0.2, 0.25) is 5.91 Å². The Balaban J connectivity index is 1.39. The number of likely N-dealkylation sites (tertiary alicyclic amines) is 1. The minimum Gasteiger partial charge on any atom is -0.619 e. The Morgan fingerprint density at radius 3 is 2.36 bits per heavy atom. The van der Waals surface area contributed by atoms with Crippen molar-refractivity contribution in [3.05, 3.63) is 70.7 Å². The SMILES string of the molecule is O=C(NC1CC(=O)N(C2Cc3ccccc3C2)C1)c1cc[n+]([O-])cc1. The molecule has 2 aliphatic rings. The molecule has 1 aliphatic carbocycles. The molecular formula is C19H19N3O3. The van der Waals surface area contributed by atoms with Crippen LogP contribution in [-0.4, -0.2) is 35.3 Å². The number of hydrogen-bond donors (Lipinski definition) is 1. The van der Waals surface area contributed by atoms with Crippen LogP contribution in [0.2, 0.25) is 0 Å². The molecule has 0 radical (unpaired) electrons.